The van der Waals surface area contributed by atoms with E-state index in [1.54, 1.807) is 0 Å². The molecular formula is C12H9ClF5NO3. The van der Waals surface area contributed by atoms with Crippen molar-refractivity contribution >= 4 is 22.8 Å². The second-order valence-electron chi connectivity index (χ2n) is 3.99. The number of ether oxygens (including phenoxy) is 1. The molecule has 0 aliphatic rings. The molecule has 0 saturated heterocycles. The monoisotopic (exact) mass is 345 g/mol. The zero-order chi connectivity index (χ0) is 17.2. The van der Waals surface area contributed by atoms with E-state index in [0.29, 0.717) is 0 Å². The van der Waals surface area contributed by atoms with E-state index in [-0.39, 0.29) is 6.42 Å². The Morgan fingerprint density at radius 3 is 2.14 bits per heavy atom. The molecule has 122 valence electrons. The van der Waals surface area contributed by atoms with Gasteiger partial charge in [-0.15, -0.1) is 0 Å². The first-order valence-corrected chi connectivity index (χ1v) is 6.14. The van der Waals surface area contributed by atoms with Gasteiger partial charge in [-0.05, 0) is 23.6 Å². The van der Waals surface area contributed by atoms with Crippen LogP contribution in [0, 0.1) is 0 Å². The highest BCUT2D eigenvalue weighted by atomic mass is 35.5. The first-order valence-electron chi connectivity index (χ1n) is 5.76. The molecule has 0 N–H and O–H groups in total. The van der Waals surface area contributed by atoms with Gasteiger partial charge in [-0.1, -0.05) is 6.92 Å². The molecule has 0 amide bonds. The Morgan fingerprint density at radius 1 is 1.27 bits per heavy atom. The number of rotatable bonds is 4. The largest absolute Gasteiger partial charge is 0.465 e. The van der Waals surface area contributed by atoms with E-state index >= 15 is 0 Å². The molecule has 4 nitrogen and oxygen atoms in total. The smallest absolute Gasteiger partial charge is 0.434 e. The summed E-state index contributed by atoms with van der Waals surface area (Å²) in [4.78, 5) is 25.7. The molecule has 0 aliphatic carbocycles. The lowest BCUT2D eigenvalue weighted by molar-refractivity contribution is -0.141. The highest BCUT2D eigenvalue weighted by Crippen LogP contribution is 2.37. The number of methoxy groups -OCH3 is 1. The summed E-state index contributed by atoms with van der Waals surface area (Å²) in [7, 11) is 0.858. The maximum atomic E-state index is 13.0. The lowest BCUT2D eigenvalue weighted by Gasteiger charge is -2.18. The predicted molar refractivity (Wildman–Crippen MR) is 65.1 cm³/mol. The molecule has 10 heteroatoms. The van der Waals surface area contributed by atoms with Gasteiger partial charge in [0.25, 0.3) is 11.7 Å². The Labute approximate surface area is 126 Å². The van der Waals surface area contributed by atoms with Crippen LogP contribution in [-0.2, 0) is 17.3 Å². The second kappa shape index (κ2) is 6.55. The SMILES string of the molecule is CCc1c(C(=O)OC)c(C(F)F)nc(C(F)(F)F)c1C(=O)Cl. The van der Waals surface area contributed by atoms with Crippen LogP contribution in [0.5, 0.6) is 0 Å². The molecule has 22 heavy (non-hydrogen) atoms. The van der Waals surface area contributed by atoms with E-state index in [2.05, 4.69) is 9.72 Å². The van der Waals surface area contributed by atoms with Crippen LogP contribution >= 0.6 is 11.6 Å². The van der Waals surface area contributed by atoms with Crippen molar-refractivity contribution in [1.29, 1.82) is 0 Å². The van der Waals surface area contributed by atoms with Crippen molar-refractivity contribution in [2.45, 2.75) is 25.9 Å². The number of alkyl halides is 5. The molecule has 1 heterocycles. The maximum absolute atomic E-state index is 13.0. The summed E-state index contributed by atoms with van der Waals surface area (Å²) in [5.41, 5.74) is -5.84. The summed E-state index contributed by atoms with van der Waals surface area (Å²) < 4.78 is 69.1. The van der Waals surface area contributed by atoms with E-state index in [0.717, 1.165) is 7.11 Å². The number of hydrogen-bond acceptors (Lipinski definition) is 4. The zero-order valence-corrected chi connectivity index (χ0v) is 12.0. The highest BCUT2D eigenvalue weighted by Gasteiger charge is 2.41. The first-order chi connectivity index (χ1) is 10.1. The van der Waals surface area contributed by atoms with Crippen LogP contribution in [0.15, 0.2) is 0 Å². The van der Waals surface area contributed by atoms with Gasteiger partial charge in [-0.25, -0.2) is 18.6 Å². The van der Waals surface area contributed by atoms with Gasteiger partial charge in [0.2, 0.25) is 0 Å². The van der Waals surface area contributed by atoms with Gasteiger partial charge in [-0.2, -0.15) is 13.2 Å². The van der Waals surface area contributed by atoms with Gasteiger partial charge in [0, 0.05) is 0 Å². The average Bonchev–Trinajstić information content (AvgIpc) is 2.42. The molecule has 1 aromatic rings. The fourth-order valence-corrected chi connectivity index (χ4v) is 2.12. The summed E-state index contributed by atoms with van der Waals surface area (Å²) in [5.74, 6) is -1.33. The third kappa shape index (κ3) is 3.34. The van der Waals surface area contributed by atoms with Crippen molar-refractivity contribution in [3.8, 4) is 0 Å². The van der Waals surface area contributed by atoms with Gasteiger partial charge in [0.05, 0.1) is 18.2 Å². The number of pyridine rings is 1. The zero-order valence-electron chi connectivity index (χ0n) is 11.2. The van der Waals surface area contributed by atoms with Crippen molar-refractivity contribution in [1.82, 2.24) is 4.98 Å². The van der Waals surface area contributed by atoms with Crippen molar-refractivity contribution in [2.75, 3.05) is 7.11 Å². The fourth-order valence-electron chi connectivity index (χ4n) is 1.91. The van der Waals surface area contributed by atoms with E-state index in [1.165, 1.54) is 6.92 Å². The molecule has 0 saturated carbocycles. The number of carbonyl (C=O) groups excluding carboxylic acids is 2. The van der Waals surface area contributed by atoms with E-state index < -0.39 is 51.9 Å². The number of hydrogen-bond donors (Lipinski definition) is 0. The lowest BCUT2D eigenvalue weighted by atomic mass is 9.96. The number of esters is 1. The molecule has 0 unspecified atom stereocenters. The summed E-state index contributed by atoms with van der Waals surface area (Å²) in [6.45, 7) is 1.28. The highest BCUT2D eigenvalue weighted by molar-refractivity contribution is 6.68. The topological polar surface area (TPSA) is 56.3 Å². The Bertz CT molecular complexity index is 616. The molecule has 0 atom stereocenters. The Kier molecular flexibility index (Phi) is 5.44. The van der Waals surface area contributed by atoms with Crippen molar-refractivity contribution in [3.05, 3.63) is 28.1 Å². The number of nitrogens with zero attached hydrogens (tertiary/aromatic N) is 1. The van der Waals surface area contributed by atoms with Crippen molar-refractivity contribution in [3.63, 3.8) is 0 Å². The van der Waals surface area contributed by atoms with Crippen LogP contribution in [0.25, 0.3) is 0 Å². The van der Waals surface area contributed by atoms with E-state index in [4.69, 9.17) is 11.6 Å². The van der Waals surface area contributed by atoms with E-state index in [1.807, 2.05) is 0 Å². The summed E-state index contributed by atoms with van der Waals surface area (Å²) in [6, 6.07) is 0. The van der Waals surface area contributed by atoms with Crippen LogP contribution in [0.4, 0.5) is 22.0 Å². The minimum absolute atomic E-state index is 0.330. The van der Waals surface area contributed by atoms with Gasteiger partial charge < -0.3 is 4.74 Å². The van der Waals surface area contributed by atoms with Crippen LogP contribution < -0.4 is 0 Å². The standard InChI is InChI=1S/C12H9ClF5NO3/c1-3-4-5(11(21)22-2)7(10(14)15)19-8(12(16,17)18)6(4)9(13)20/h10H,3H2,1-2H3. The van der Waals surface area contributed by atoms with Crippen molar-refractivity contribution < 1.29 is 36.3 Å². The molecule has 0 aromatic carbocycles. The summed E-state index contributed by atoms with van der Waals surface area (Å²) >= 11 is 5.13. The molecule has 1 aromatic heterocycles. The van der Waals surface area contributed by atoms with Gasteiger partial charge in [0.15, 0.2) is 5.69 Å². The quantitative estimate of drug-likeness (QED) is 0.473. The molecular weight excluding hydrogens is 337 g/mol. The van der Waals surface area contributed by atoms with Crippen molar-refractivity contribution in [2.24, 2.45) is 0 Å². The lowest BCUT2D eigenvalue weighted by Crippen LogP contribution is -2.22. The molecule has 0 bridgehead atoms. The minimum Gasteiger partial charge on any atom is -0.465 e. The molecule has 1 rings (SSSR count). The molecule has 0 aliphatic heterocycles. The van der Waals surface area contributed by atoms with Gasteiger partial charge >= 0.3 is 12.1 Å². The van der Waals surface area contributed by atoms with Gasteiger partial charge in [-0.3, -0.25) is 4.79 Å². The normalized spacial score (nSPS) is 11.7. The van der Waals surface area contributed by atoms with Crippen LogP contribution in [0.3, 0.4) is 0 Å². The third-order valence-electron chi connectivity index (χ3n) is 2.74. The average molecular weight is 346 g/mol. The Hall–Kier alpha value is -1.77. The van der Waals surface area contributed by atoms with Gasteiger partial charge in [0.1, 0.15) is 5.69 Å². The molecule has 0 radical (unpaired) electrons. The van der Waals surface area contributed by atoms with E-state index in [9.17, 15) is 31.5 Å². The Morgan fingerprint density at radius 2 is 1.82 bits per heavy atom. The Balaban J connectivity index is 3.98. The van der Waals surface area contributed by atoms with Crippen LogP contribution in [0.1, 0.15) is 51.0 Å². The molecule has 0 spiro atoms. The predicted octanol–water partition coefficient (Wildman–Crippen LogP) is 3.77. The number of aromatic nitrogens is 1. The summed E-state index contributed by atoms with van der Waals surface area (Å²) in [6.07, 6.45) is -8.99. The minimum atomic E-state index is -5.19. The first kappa shape index (κ1) is 18.3. The maximum Gasteiger partial charge on any atom is 0.434 e. The fraction of sp³-hybridized carbons (Fsp3) is 0.417. The number of halogens is 6. The summed E-state index contributed by atoms with van der Waals surface area (Å²) in [5, 5.41) is -1.55. The second-order valence-corrected chi connectivity index (χ2v) is 4.33. The van der Waals surface area contributed by atoms with Crippen LogP contribution in [0.2, 0.25) is 0 Å². The van der Waals surface area contributed by atoms with Crippen LogP contribution in [-0.4, -0.2) is 23.3 Å². The third-order valence-corrected chi connectivity index (χ3v) is 2.93. The number of carbonyl (C=O) groups is 2. The molecule has 0 fully saturated rings.